The Bertz CT molecular complexity index is 446. The average molecular weight is 330 g/mol. The van der Waals surface area contributed by atoms with Crippen molar-refractivity contribution in [2.24, 2.45) is 5.41 Å². The van der Waals surface area contributed by atoms with E-state index in [1.54, 1.807) is 25.3 Å². The zero-order valence-corrected chi connectivity index (χ0v) is 13.1. The lowest BCUT2D eigenvalue weighted by Gasteiger charge is -2.24. The molecule has 0 radical (unpaired) electrons. The topological polar surface area (TPSA) is 58.6 Å². The second-order valence-electron chi connectivity index (χ2n) is 5.17. The summed E-state index contributed by atoms with van der Waals surface area (Å²) in [5.74, 6) is 0.560. The van der Waals surface area contributed by atoms with Gasteiger partial charge in [-0.1, -0.05) is 13.8 Å². The normalized spacial score (nSPS) is 11.2. The van der Waals surface area contributed by atoms with Gasteiger partial charge in [-0.15, -0.1) is 0 Å². The molecule has 1 rings (SSSR count). The number of carbonyl (C=O) groups is 1. The minimum atomic E-state index is -0.138. The number of nitrogens with one attached hydrogen (secondary N) is 1. The van der Waals surface area contributed by atoms with Crippen LogP contribution in [0.15, 0.2) is 22.7 Å². The first kappa shape index (κ1) is 16.0. The lowest BCUT2D eigenvalue weighted by Crippen LogP contribution is -2.34. The molecule has 0 aliphatic heterocycles. The molecule has 19 heavy (non-hydrogen) atoms. The van der Waals surface area contributed by atoms with E-state index in [1.165, 1.54) is 0 Å². The van der Waals surface area contributed by atoms with Crippen LogP contribution in [0.4, 0.5) is 0 Å². The van der Waals surface area contributed by atoms with E-state index >= 15 is 0 Å². The maximum absolute atomic E-state index is 12.1. The molecule has 0 aromatic heterocycles. The lowest BCUT2D eigenvalue weighted by molar-refractivity contribution is 0.0927. The van der Waals surface area contributed by atoms with Crippen LogP contribution in [-0.4, -0.2) is 31.3 Å². The number of carbonyl (C=O) groups excluding carboxylic acids is 1. The van der Waals surface area contributed by atoms with Gasteiger partial charge in [-0.2, -0.15) is 0 Å². The number of aliphatic hydroxyl groups excluding tert-OH is 1. The van der Waals surface area contributed by atoms with Crippen molar-refractivity contribution in [1.29, 1.82) is 0 Å². The van der Waals surface area contributed by atoms with Crippen LogP contribution in [0, 0.1) is 5.41 Å². The van der Waals surface area contributed by atoms with Gasteiger partial charge in [-0.25, -0.2) is 0 Å². The van der Waals surface area contributed by atoms with Crippen LogP contribution in [0.1, 0.15) is 30.6 Å². The SMILES string of the molecule is COc1ccc(C(=O)NCC(C)(C)CCO)c(Br)c1. The number of benzene rings is 1. The van der Waals surface area contributed by atoms with Crippen molar-refractivity contribution in [2.45, 2.75) is 20.3 Å². The van der Waals surface area contributed by atoms with Crippen molar-refractivity contribution in [2.75, 3.05) is 20.3 Å². The quantitative estimate of drug-likeness (QED) is 0.843. The van der Waals surface area contributed by atoms with Crippen molar-refractivity contribution in [3.63, 3.8) is 0 Å². The molecule has 0 bridgehead atoms. The van der Waals surface area contributed by atoms with E-state index in [2.05, 4.69) is 21.2 Å². The Labute approximate surface area is 122 Å². The highest BCUT2D eigenvalue weighted by Gasteiger charge is 2.19. The van der Waals surface area contributed by atoms with Crippen LogP contribution in [-0.2, 0) is 0 Å². The smallest absolute Gasteiger partial charge is 0.252 e. The molecule has 0 aliphatic carbocycles. The molecule has 0 saturated carbocycles. The molecule has 5 heteroatoms. The molecular formula is C14H20BrNO3. The summed E-state index contributed by atoms with van der Waals surface area (Å²) in [7, 11) is 1.58. The molecule has 1 aromatic rings. The fourth-order valence-corrected chi connectivity index (χ4v) is 2.15. The summed E-state index contributed by atoms with van der Waals surface area (Å²) in [5, 5.41) is 11.8. The second-order valence-corrected chi connectivity index (χ2v) is 6.02. The Hall–Kier alpha value is -1.07. The third-order valence-corrected chi connectivity index (χ3v) is 3.59. The van der Waals surface area contributed by atoms with Crippen molar-refractivity contribution in [1.82, 2.24) is 5.32 Å². The van der Waals surface area contributed by atoms with E-state index < -0.39 is 0 Å². The summed E-state index contributed by atoms with van der Waals surface area (Å²) in [4.78, 5) is 12.1. The molecular weight excluding hydrogens is 310 g/mol. The van der Waals surface area contributed by atoms with Crippen molar-refractivity contribution >= 4 is 21.8 Å². The fourth-order valence-electron chi connectivity index (χ4n) is 1.61. The highest BCUT2D eigenvalue weighted by atomic mass is 79.9. The standard InChI is InChI=1S/C14H20BrNO3/c1-14(2,6-7-17)9-16-13(18)11-5-4-10(19-3)8-12(11)15/h4-5,8,17H,6-7,9H2,1-3H3,(H,16,18). The molecule has 1 amide bonds. The average Bonchev–Trinajstić information content (AvgIpc) is 2.36. The van der Waals surface area contributed by atoms with Gasteiger partial charge in [0.25, 0.3) is 5.91 Å². The number of halogens is 1. The fraction of sp³-hybridized carbons (Fsp3) is 0.500. The van der Waals surface area contributed by atoms with Crippen LogP contribution in [0.2, 0.25) is 0 Å². The maximum Gasteiger partial charge on any atom is 0.252 e. The summed E-state index contributed by atoms with van der Waals surface area (Å²) in [6.45, 7) is 4.65. The zero-order chi connectivity index (χ0) is 14.5. The van der Waals surface area contributed by atoms with E-state index in [4.69, 9.17) is 9.84 Å². The Morgan fingerprint density at radius 3 is 2.68 bits per heavy atom. The molecule has 1 aromatic carbocycles. The predicted octanol–water partition coefficient (Wildman–Crippen LogP) is 2.60. The molecule has 0 aliphatic rings. The van der Waals surface area contributed by atoms with E-state index in [-0.39, 0.29) is 17.9 Å². The molecule has 2 N–H and O–H groups in total. The third kappa shape index (κ3) is 4.84. The largest absolute Gasteiger partial charge is 0.497 e. The minimum absolute atomic E-state index is 0.120. The Morgan fingerprint density at radius 1 is 1.47 bits per heavy atom. The first-order valence-corrected chi connectivity index (χ1v) is 6.91. The number of aliphatic hydroxyl groups is 1. The Balaban J connectivity index is 2.68. The molecule has 4 nitrogen and oxygen atoms in total. The number of ether oxygens (including phenoxy) is 1. The predicted molar refractivity (Wildman–Crippen MR) is 78.5 cm³/mol. The third-order valence-electron chi connectivity index (χ3n) is 2.94. The van der Waals surface area contributed by atoms with Crippen molar-refractivity contribution in [3.8, 4) is 5.75 Å². The monoisotopic (exact) mass is 329 g/mol. The van der Waals surface area contributed by atoms with Crippen LogP contribution >= 0.6 is 15.9 Å². The molecule has 0 spiro atoms. The number of methoxy groups -OCH3 is 1. The van der Waals surface area contributed by atoms with Crippen LogP contribution in [0.3, 0.4) is 0 Å². The summed E-state index contributed by atoms with van der Waals surface area (Å²) in [5.41, 5.74) is 0.448. The zero-order valence-electron chi connectivity index (χ0n) is 11.5. The van der Waals surface area contributed by atoms with Crippen LogP contribution in [0.25, 0.3) is 0 Å². The highest BCUT2D eigenvalue weighted by Crippen LogP contribution is 2.23. The maximum atomic E-state index is 12.1. The molecule has 106 valence electrons. The molecule has 0 atom stereocenters. The van der Waals surface area contributed by atoms with Gasteiger partial charge < -0.3 is 15.2 Å². The van der Waals surface area contributed by atoms with E-state index in [1.807, 2.05) is 13.8 Å². The Morgan fingerprint density at radius 2 is 2.16 bits per heavy atom. The van der Waals surface area contributed by atoms with Crippen LogP contribution < -0.4 is 10.1 Å². The van der Waals surface area contributed by atoms with Gasteiger partial charge in [-0.05, 0) is 46.0 Å². The summed E-state index contributed by atoms with van der Waals surface area (Å²) >= 11 is 3.36. The van der Waals surface area contributed by atoms with Crippen molar-refractivity contribution < 1.29 is 14.6 Å². The second kappa shape index (κ2) is 6.91. The van der Waals surface area contributed by atoms with Gasteiger partial charge in [0.15, 0.2) is 0 Å². The molecule has 0 saturated heterocycles. The summed E-state index contributed by atoms with van der Waals surface area (Å²) in [6.07, 6.45) is 0.650. The van der Waals surface area contributed by atoms with Gasteiger partial charge in [0.1, 0.15) is 5.75 Å². The van der Waals surface area contributed by atoms with Crippen LogP contribution in [0.5, 0.6) is 5.75 Å². The summed E-state index contributed by atoms with van der Waals surface area (Å²) in [6, 6.07) is 5.23. The first-order chi connectivity index (χ1) is 8.89. The van der Waals surface area contributed by atoms with Gasteiger partial charge in [-0.3, -0.25) is 4.79 Å². The lowest BCUT2D eigenvalue weighted by atomic mass is 9.89. The number of amides is 1. The van der Waals surface area contributed by atoms with E-state index in [0.29, 0.717) is 28.8 Å². The van der Waals surface area contributed by atoms with Gasteiger partial charge in [0.2, 0.25) is 0 Å². The Kier molecular flexibility index (Phi) is 5.82. The minimum Gasteiger partial charge on any atom is -0.497 e. The van der Waals surface area contributed by atoms with Crippen molar-refractivity contribution in [3.05, 3.63) is 28.2 Å². The van der Waals surface area contributed by atoms with E-state index in [0.717, 1.165) is 0 Å². The number of hydrogen-bond acceptors (Lipinski definition) is 3. The molecule has 0 heterocycles. The van der Waals surface area contributed by atoms with E-state index in [9.17, 15) is 4.79 Å². The first-order valence-electron chi connectivity index (χ1n) is 6.12. The summed E-state index contributed by atoms with van der Waals surface area (Å²) < 4.78 is 5.78. The van der Waals surface area contributed by atoms with Gasteiger partial charge >= 0.3 is 0 Å². The van der Waals surface area contributed by atoms with Gasteiger partial charge in [0, 0.05) is 17.6 Å². The number of rotatable bonds is 6. The highest BCUT2D eigenvalue weighted by molar-refractivity contribution is 9.10. The molecule has 0 unspecified atom stereocenters. The number of hydrogen-bond donors (Lipinski definition) is 2. The van der Waals surface area contributed by atoms with Gasteiger partial charge in [0.05, 0.1) is 12.7 Å². The molecule has 0 fully saturated rings.